The number of benzene rings is 3. The first-order chi connectivity index (χ1) is 31.4. The SMILES string of the molecule is C1CCC1.C=C(C)C(C)(C)NCCC(CCNC(=O)N1CCN(/C(C=N)=C(/C=O)Oc2ccc(-c3ccc(F)cc3)cc2)CC1)CCNC(C)(C)C(C)=N.CCC.CNc1ccc(C)cc1. The zero-order valence-electron chi connectivity index (χ0n) is 42.0. The molecule has 1 heterocycles. The van der Waals surface area contributed by atoms with Gasteiger partial charge in [0.2, 0.25) is 0 Å². The molecule has 6 N–H and O–H groups in total. The van der Waals surface area contributed by atoms with Gasteiger partial charge in [0.15, 0.2) is 12.0 Å². The first-order valence-electron chi connectivity index (χ1n) is 23.9. The molecule has 2 amide bonds. The summed E-state index contributed by atoms with van der Waals surface area (Å²) < 4.78 is 19.2. The fourth-order valence-electron chi connectivity index (χ4n) is 6.45. The maximum absolute atomic E-state index is 13.3. The molecule has 0 radical (unpaired) electrons. The van der Waals surface area contributed by atoms with Gasteiger partial charge in [0.05, 0.1) is 5.54 Å². The Hall–Kier alpha value is -5.33. The fraction of sp³-hybridized carbons (Fsp3) is 0.519. The first-order valence-corrected chi connectivity index (χ1v) is 23.9. The van der Waals surface area contributed by atoms with E-state index in [0.717, 1.165) is 55.3 Å². The van der Waals surface area contributed by atoms with Crippen LogP contribution in [-0.2, 0) is 4.79 Å². The van der Waals surface area contributed by atoms with Crippen LogP contribution in [0.5, 0.6) is 5.75 Å². The van der Waals surface area contributed by atoms with E-state index in [-0.39, 0.29) is 28.7 Å². The Labute approximate surface area is 397 Å². The number of anilines is 1. The van der Waals surface area contributed by atoms with Crippen molar-refractivity contribution in [3.8, 4) is 16.9 Å². The Kier molecular flexibility index (Phi) is 25.9. The average molecular weight is 911 g/mol. The van der Waals surface area contributed by atoms with Crippen LogP contribution in [0.1, 0.15) is 112 Å². The average Bonchev–Trinajstić information content (AvgIpc) is 3.27. The summed E-state index contributed by atoms with van der Waals surface area (Å²) in [6.07, 6.45) is 11.7. The molecule has 2 aliphatic rings. The Balaban J connectivity index is 0.000000783. The topological polar surface area (TPSA) is 146 Å². The van der Waals surface area contributed by atoms with E-state index in [4.69, 9.17) is 15.6 Å². The summed E-state index contributed by atoms with van der Waals surface area (Å²) in [5.74, 6) is 0.527. The highest BCUT2D eigenvalue weighted by Gasteiger charge is 2.25. The molecule has 1 saturated heterocycles. The number of nitrogens with one attached hydrogen (secondary N) is 6. The van der Waals surface area contributed by atoms with Crippen molar-refractivity contribution in [2.75, 3.05) is 58.2 Å². The van der Waals surface area contributed by atoms with Crippen molar-refractivity contribution in [2.24, 2.45) is 5.92 Å². The molecule has 364 valence electrons. The molecule has 0 aromatic heterocycles. The van der Waals surface area contributed by atoms with Gasteiger partial charge in [0.1, 0.15) is 17.3 Å². The molecule has 1 aliphatic heterocycles. The zero-order valence-corrected chi connectivity index (χ0v) is 42.0. The number of amides is 2. The van der Waals surface area contributed by atoms with Gasteiger partial charge in [-0.15, -0.1) is 0 Å². The number of hydrogen-bond acceptors (Lipinski definition) is 9. The third-order valence-electron chi connectivity index (χ3n) is 12.1. The number of aryl methyl sites for hydroxylation is 1. The zero-order chi connectivity index (χ0) is 49.1. The van der Waals surface area contributed by atoms with E-state index in [0.29, 0.717) is 62.1 Å². The molecule has 1 aliphatic carbocycles. The van der Waals surface area contributed by atoms with Crippen LogP contribution in [-0.4, -0.2) is 98.0 Å². The van der Waals surface area contributed by atoms with Crippen LogP contribution in [0.15, 0.2) is 96.4 Å². The fourth-order valence-corrected chi connectivity index (χ4v) is 6.45. The van der Waals surface area contributed by atoms with Gasteiger partial charge < -0.3 is 46.6 Å². The highest BCUT2D eigenvalue weighted by molar-refractivity contribution is 5.88. The van der Waals surface area contributed by atoms with Crippen molar-refractivity contribution in [3.63, 3.8) is 0 Å². The molecule has 1 atom stereocenters. The molecular formula is C54H83FN8O3. The molecule has 0 bridgehead atoms. The van der Waals surface area contributed by atoms with Crippen LogP contribution in [0.4, 0.5) is 14.9 Å². The summed E-state index contributed by atoms with van der Waals surface area (Å²) in [5.41, 5.74) is 5.72. The Morgan fingerprint density at radius 2 is 1.26 bits per heavy atom. The maximum atomic E-state index is 13.3. The highest BCUT2D eigenvalue weighted by Crippen LogP contribution is 2.25. The molecule has 3 aromatic rings. The number of hydrogen-bond donors (Lipinski definition) is 6. The number of carbonyl (C=O) groups excluding carboxylic acids is 2. The van der Waals surface area contributed by atoms with Crippen molar-refractivity contribution in [3.05, 3.63) is 108 Å². The molecule has 11 nitrogen and oxygen atoms in total. The summed E-state index contributed by atoms with van der Waals surface area (Å²) in [5, 5.41) is 29.3. The smallest absolute Gasteiger partial charge is 0.317 e. The number of halogens is 1. The van der Waals surface area contributed by atoms with Crippen molar-refractivity contribution < 1.29 is 18.7 Å². The molecule has 66 heavy (non-hydrogen) atoms. The normalized spacial score (nSPS) is 14.2. The number of allylic oxidation sites excluding steroid dienone is 2. The molecule has 12 heteroatoms. The Morgan fingerprint density at radius 3 is 1.70 bits per heavy atom. The van der Waals surface area contributed by atoms with Crippen molar-refractivity contribution >= 4 is 29.9 Å². The minimum absolute atomic E-state index is 0.0215. The van der Waals surface area contributed by atoms with Crippen molar-refractivity contribution in [1.29, 1.82) is 10.8 Å². The summed E-state index contributed by atoms with van der Waals surface area (Å²) in [6, 6.07) is 21.5. The lowest BCUT2D eigenvalue weighted by molar-refractivity contribution is -0.106. The number of carbonyl (C=O) groups is 2. The Morgan fingerprint density at radius 1 is 0.788 bits per heavy atom. The van der Waals surface area contributed by atoms with Crippen LogP contribution in [0.2, 0.25) is 0 Å². The van der Waals surface area contributed by atoms with Crippen LogP contribution in [0.25, 0.3) is 11.1 Å². The monoisotopic (exact) mass is 911 g/mol. The molecule has 5 rings (SSSR count). The predicted octanol–water partition coefficient (Wildman–Crippen LogP) is 11.4. The second kappa shape index (κ2) is 30.1. The third-order valence-corrected chi connectivity index (χ3v) is 12.1. The number of rotatable bonds is 20. The molecule has 2 fully saturated rings. The van der Waals surface area contributed by atoms with Crippen LogP contribution < -0.4 is 26.0 Å². The first kappa shape index (κ1) is 56.8. The second-order valence-corrected chi connectivity index (χ2v) is 18.3. The lowest BCUT2D eigenvalue weighted by Crippen LogP contribution is -2.52. The van der Waals surface area contributed by atoms with Gasteiger partial charge in [-0.25, -0.2) is 9.18 Å². The van der Waals surface area contributed by atoms with Gasteiger partial charge in [-0.1, -0.05) is 100 Å². The van der Waals surface area contributed by atoms with E-state index in [1.807, 2.05) is 51.8 Å². The van der Waals surface area contributed by atoms with Crippen molar-refractivity contribution in [1.82, 2.24) is 25.8 Å². The van der Waals surface area contributed by atoms with Crippen LogP contribution in [0, 0.1) is 29.5 Å². The summed E-state index contributed by atoms with van der Waals surface area (Å²) in [6.45, 7) is 26.5. The van der Waals surface area contributed by atoms with Gasteiger partial charge in [0.25, 0.3) is 0 Å². The quantitative estimate of drug-likeness (QED) is 0.0218. The molecule has 3 aromatic carbocycles. The summed E-state index contributed by atoms with van der Waals surface area (Å²) in [4.78, 5) is 28.8. The van der Waals surface area contributed by atoms with E-state index in [2.05, 4.69) is 86.7 Å². The minimum Gasteiger partial charge on any atom is -0.452 e. The number of aldehydes is 1. The highest BCUT2D eigenvalue weighted by atomic mass is 19.1. The number of piperazine rings is 1. The van der Waals surface area contributed by atoms with Gasteiger partial charge in [-0.05, 0) is 134 Å². The minimum atomic E-state index is -0.357. The van der Waals surface area contributed by atoms with E-state index in [1.165, 1.54) is 55.5 Å². The largest absolute Gasteiger partial charge is 0.452 e. The summed E-state index contributed by atoms with van der Waals surface area (Å²) in [7, 11) is 1.92. The molecule has 1 saturated carbocycles. The van der Waals surface area contributed by atoms with E-state index < -0.39 is 0 Å². The van der Waals surface area contributed by atoms with Crippen LogP contribution in [0.3, 0.4) is 0 Å². The van der Waals surface area contributed by atoms with Crippen LogP contribution >= 0.6 is 0 Å². The lowest BCUT2D eigenvalue weighted by Gasteiger charge is -2.36. The van der Waals surface area contributed by atoms with Crippen molar-refractivity contribution in [2.45, 2.75) is 125 Å². The molecular weight excluding hydrogens is 828 g/mol. The molecule has 1 unspecified atom stereocenters. The van der Waals surface area contributed by atoms with E-state index in [9.17, 15) is 14.0 Å². The molecule has 0 spiro atoms. The second-order valence-electron chi connectivity index (χ2n) is 18.3. The summed E-state index contributed by atoms with van der Waals surface area (Å²) >= 11 is 0. The standard InChI is InChI=1S/C39H56FN7O3.C8H11N.C4H8.C3H8/c1-28(2)38(4,5)44-20-17-30(18-21-45-39(6,7)29(3)42)16-19-43-37(49)47-24-22-46(23-25-47)35(26-41)36(27-48)50-34-14-10-32(11-15-34)31-8-12-33(40)13-9-31;1-7-3-5-8(9-2)6-4-7;1-2-4-3-1;1-3-2/h8-15,26-27,30,41-42,44-45H,1,16-25H2,2-7H3,(H,43,49);3-6,9H,1-2H3;1-4H2;3H2,1-2H3/b36-35-,41-26?,42-29?;;;. The predicted molar refractivity (Wildman–Crippen MR) is 276 cm³/mol. The number of ether oxygens (including phenoxy) is 1. The number of urea groups is 1. The number of nitrogens with zero attached hydrogens (tertiary/aromatic N) is 2. The van der Waals surface area contributed by atoms with Gasteiger partial charge in [-0.3, -0.25) is 4.79 Å². The lowest BCUT2D eigenvalue weighted by atomic mass is 9.93. The van der Waals surface area contributed by atoms with E-state index in [1.54, 1.807) is 29.2 Å². The Bertz CT molecular complexity index is 1900. The van der Waals surface area contributed by atoms with Gasteiger partial charge >= 0.3 is 6.03 Å². The third kappa shape index (κ3) is 20.9. The van der Waals surface area contributed by atoms with E-state index >= 15 is 0 Å². The van der Waals surface area contributed by atoms with Gasteiger partial charge in [-0.2, -0.15) is 0 Å². The maximum Gasteiger partial charge on any atom is 0.317 e. The van der Waals surface area contributed by atoms with Gasteiger partial charge in [0, 0.05) is 62.9 Å².